The number of H-pyrrole nitrogens is 1. The van der Waals surface area contributed by atoms with Crippen molar-refractivity contribution in [3.8, 4) is 0 Å². The average molecular weight is 338 g/mol. The molecule has 1 aliphatic heterocycles. The highest BCUT2D eigenvalue weighted by Gasteiger charge is 2.21. The van der Waals surface area contributed by atoms with Crippen LogP contribution >= 0.6 is 0 Å². The van der Waals surface area contributed by atoms with E-state index in [0.717, 1.165) is 44.4 Å². The molecule has 0 unspecified atom stereocenters. The number of allylic oxidation sites excluding steroid dienone is 1. The summed E-state index contributed by atoms with van der Waals surface area (Å²) in [7, 11) is 0. The predicted octanol–water partition coefficient (Wildman–Crippen LogP) is 5.98. The van der Waals surface area contributed by atoms with Crippen LogP contribution in [0.2, 0.25) is 0 Å². The smallest absolute Gasteiger partial charge is 0.123 e. The fourth-order valence-corrected chi connectivity index (χ4v) is 3.60. The van der Waals surface area contributed by atoms with Gasteiger partial charge in [-0.15, -0.1) is 0 Å². The second kappa shape index (κ2) is 5.81. The van der Waals surface area contributed by atoms with Gasteiger partial charge in [0.2, 0.25) is 0 Å². The van der Waals surface area contributed by atoms with Gasteiger partial charge in [0.15, 0.2) is 0 Å². The number of nitrogens with one attached hydrogen (secondary N) is 1. The van der Waals surface area contributed by atoms with Gasteiger partial charge in [0.25, 0.3) is 0 Å². The number of halogens is 1. The standard InChI is InChI=1S/C23H15FN2/c24-16-7-5-6-15(12-16)23(19-13-25-21-10-3-1-8-17(19)21)20-14-26-22-11-4-2-9-18(20)22/h1-14,25H/b23-20+. The van der Waals surface area contributed by atoms with Crippen LogP contribution in [0, 0.1) is 5.82 Å². The molecule has 5 rings (SSSR count). The zero-order valence-corrected chi connectivity index (χ0v) is 13.9. The first-order valence-electron chi connectivity index (χ1n) is 8.51. The van der Waals surface area contributed by atoms with Gasteiger partial charge >= 0.3 is 0 Å². The highest BCUT2D eigenvalue weighted by Crippen LogP contribution is 2.40. The van der Waals surface area contributed by atoms with E-state index in [1.54, 1.807) is 12.1 Å². The maximum Gasteiger partial charge on any atom is 0.123 e. The van der Waals surface area contributed by atoms with Crippen molar-refractivity contribution in [1.29, 1.82) is 0 Å². The van der Waals surface area contributed by atoms with Gasteiger partial charge in [0.1, 0.15) is 5.82 Å². The van der Waals surface area contributed by atoms with E-state index in [1.807, 2.05) is 54.9 Å². The summed E-state index contributed by atoms with van der Waals surface area (Å²) in [6.07, 6.45) is 3.87. The molecule has 0 bridgehead atoms. The minimum atomic E-state index is -0.247. The molecule has 0 saturated heterocycles. The number of nitrogens with zero attached hydrogens (tertiary/aromatic N) is 1. The minimum absolute atomic E-state index is 0.247. The van der Waals surface area contributed by atoms with E-state index in [2.05, 4.69) is 22.1 Å². The van der Waals surface area contributed by atoms with E-state index in [4.69, 9.17) is 0 Å². The minimum Gasteiger partial charge on any atom is -0.361 e. The Morgan fingerprint density at radius 1 is 0.885 bits per heavy atom. The van der Waals surface area contributed by atoms with E-state index in [1.165, 1.54) is 6.07 Å². The molecule has 26 heavy (non-hydrogen) atoms. The van der Waals surface area contributed by atoms with Crippen molar-refractivity contribution < 1.29 is 4.39 Å². The number of para-hydroxylation sites is 2. The normalized spacial score (nSPS) is 14.7. The Balaban J connectivity index is 1.86. The Bertz CT molecular complexity index is 1200. The monoisotopic (exact) mass is 338 g/mol. The molecule has 2 nitrogen and oxygen atoms in total. The fourth-order valence-electron chi connectivity index (χ4n) is 3.60. The number of aromatic nitrogens is 1. The zero-order valence-electron chi connectivity index (χ0n) is 13.9. The number of rotatable bonds is 2. The summed E-state index contributed by atoms with van der Waals surface area (Å²) in [4.78, 5) is 7.88. The molecule has 1 N–H and O–H groups in total. The molecule has 0 radical (unpaired) electrons. The topological polar surface area (TPSA) is 28.1 Å². The number of aliphatic imine (C=N–C) groups is 1. The van der Waals surface area contributed by atoms with Crippen LogP contribution in [0.1, 0.15) is 16.7 Å². The van der Waals surface area contributed by atoms with Gasteiger partial charge in [-0.1, -0.05) is 48.5 Å². The number of benzene rings is 3. The first-order valence-corrected chi connectivity index (χ1v) is 8.51. The molecular formula is C23H15FN2. The molecule has 0 atom stereocenters. The Labute approximate surface area is 150 Å². The second-order valence-electron chi connectivity index (χ2n) is 6.32. The number of fused-ring (bicyclic) bond motifs is 2. The van der Waals surface area contributed by atoms with Gasteiger partial charge in [0.05, 0.1) is 5.69 Å². The van der Waals surface area contributed by atoms with E-state index >= 15 is 0 Å². The Morgan fingerprint density at radius 3 is 2.65 bits per heavy atom. The lowest BCUT2D eigenvalue weighted by atomic mass is 9.90. The Kier molecular flexibility index (Phi) is 3.32. The summed E-state index contributed by atoms with van der Waals surface area (Å²) in [5, 5.41) is 1.11. The first kappa shape index (κ1) is 14.8. The van der Waals surface area contributed by atoms with Crippen molar-refractivity contribution in [3.05, 3.63) is 102 Å². The van der Waals surface area contributed by atoms with Crippen molar-refractivity contribution in [1.82, 2.24) is 4.98 Å². The molecule has 3 aromatic carbocycles. The van der Waals surface area contributed by atoms with E-state index < -0.39 is 0 Å². The third kappa shape index (κ3) is 2.29. The molecule has 0 fully saturated rings. The van der Waals surface area contributed by atoms with Crippen LogP contribution in [0.4, 0.5) is 10.1 Å². The largest absolute Gasteiger partial charge is 0.361 e. The average Bonchev–Trinajstić information content (AvgIpc) is 3.28. The van der Waals surface area contributed by atoms with Gasteiger partial charge in [-0.25, -0.2) is 4.39 Å². The van der Waals surface area contributed by atoms with Gasteiger partial charge < -0.3 is 4.98 Å². The summed E-state index contributed by atoms with van der Waals surface area (Å²) in [6.45, 7) is 0. The van der Waals surface area contributed by atoms with Crippen molar-refractivity contribution in [2.75, 3.05) is 0 Å². The Hall–Kier alpha value is -3.46. The lowest BCUT2D eigenvalue weighted by Gasteiger charge is -2.12. The van der Waals surface area contributed by atoms with E-state index in [0.29, 0.717) is 0 Å². The Morgan fingerprint density at radius 2 is 1.73 bits per heavy atom. The molecule has 3 heteroatoms. The molecule has 4 aromatic rings. The van der Waals surface area contributed by atoms with Crippen LogP contribution in [0.3, 0.4) is 0 Å². The SMILES string of the molecule is Fc1cccc(/C(=C2/C=Nc3ccccc32)c2c[nH]c3ccccc23)c1. The summed E-state index contributed by atoms with van der Waals surface area (Å²) in [5.74, 6) is -0.247. The van der Waals surface area contributed by atoms with Gasteiger partial charge in [-0.2, -0.15) is 0 Å². The van der Waals surface area contributed by atoms with Gasteiger partial charge in [-0.3, -0.25) is 4.99 Å². The molecule has 0 aliphatic carbocycles. The maximum absolute atomic E-state index is 14.0. The quantitative estimate of drug-likeness (QED) is 0.465. The van der Waals surface area contributed by atoms with Gasteiger partial charge in [0, 0.05) is 45.6 Å². The molecule has 0 amide bonds. The molecule has 1 aliphatic rings. The van der Waals surface area contributed by atoms with Crippen LogP contribution < -0.4 is 0 Å². The van der Waals surface area contributed by atoms with Crippen molar-refractivity contribution in [2.45, 2.75) is 0 Å². The van der Waals surface area contributed by atoms with Crippen molar-refractivity contribution in [3.63, 3.8) is 0 Å². The summed E-state index contributed by atoms with van der Waals surface area (Å²) < 4.78 is 14.0. The number of aromatic amines is 1. The zero-order chi connectivity index (χ0) is 17.5. The summed E-state index contributed by atoms with van der Waals surface area (Å²) >= 11 is 0. The summed E-state index contributed by atoms with van der Waals surface area (Å²) in [6, 6.07) is 22.9. The number of hydrogen-bond donors (Lipinski definition) is 1. The van der Waals surface area contributed by atoms with Crippen LogP contribution in [0.25, 0.3) is 22.0 Å². The van der Waals surface area contributed by atoms with Crippen LogP contribution in [0.5, 0.6) is 0 Å². The second-order valence-corrected chi connectivity index (χ2v) is 6.32. The molecule has 0 spiro atoms. The third-order valence-electron chi connectivity index (χ3n) is 4.77. The van der Waals surface area contributed by atoms with Crippen molar-refractivity contribution >= 4 is 34.0 Å². The molecule has 2 heterocycles. The van der Waals surface area contributed by atoms with Crippen LogP contribution in [-0.4, -0.2) is 11.2 Å². The van der Waals surface area contributed by atoms with Gasteiger partial charge in [-0.05, 0) is 29.8 Å². The highest BCUT2D eigenvalue weighted by molar-refractivity contribution is 6.27. The first-order chi connectivity index (χ1) is 12.8. The maximum atomic E-state index is 14.0. The highest BCUT2D eigenvalue weighted by atomic mass is 19.1. The van der Waals surface area contributed by atoms with E-state index in [-0.39, 0.29) is 5.82 Å². The molecule has 1 aromatic heterocycles. The van der Waals surface area contributed by atoms with Crippen molar-refractivity contribution in [2.24, 2.45) is 4.99 Å². The van der Waals surface area contributed by atoms with Crippen LogP contribution in [0.15, 0.2) is 84.0 Å². The molecule has 124 valence electrons. The number of hydrogen-bond acceptors (Lipinski definition) is 1. The lowest BCUT2D eigenvalue weighted by molar-refractivity contribution is 0.627. The summed E-state index contributed by atoms with van der Waals surface area (Å²) in [5.41, 5.74) is 6.94. The molecule has 0 saturated carbocycles. The predicted molar refractivity (Wildman–Crippen MR) is 105 cm³/mol. The van der Waals surface area contributed by atoms with Crippen LogP contribution in [-0.2, 0) is 0 Å². The molecular weight excluding hydrogens is 323 g/mol. The third-order valence-corrected chi connectivity index (χ3v) is 4.77. The fraction of sp³-hybridized carbons (Fsp3) is 0. The van der Waals surface area contributed by atoms with E-state index in [9.17, 15) is 4.39 Å². The lowest BCUT2D eigenvalue weighted by Crippen LogP contribution is -1.94.